The highest BCUT2D eigenvalue weighted by atomic mass is 35.5. The standard InChI is InChI=1S/C20H21FN2O2.ClH/c21-16-6-7-17(14-4-2-1-3-5-14)18(12-16)22-20(24)25-19-13-23-10-8-15(19)9-11-23;/h1-7,12,15,19H,8-11,13H2,(H,22,24);1H. The van der Waals surface area contributed by atoms with Crippen molar-refractivity contribution in [3.8, 4) is 11.1 Å². The summed E-state index contributed by atoms with van der Waals surface area (Å²) in [6, 6.07) is 14.0. The van der Waals surface area contributed by atoms with Crippen molar-refractivity contribution in [1.82, 2.24) is 4.90 Å². The molecule has 3 heterocycles. The number of rotatable bonds is 3. The molecule has 2 bridgehead atoms. The quantitative estimate of drug-likeness (QED) is 0.853. The Morgan fingerprint density at radius 1 is 1.12 bits per heavy atom. The van der Waals surface area contributed by atoms with Crippen LogP contribution in [0, 0.1) is 11.7 Å². The molecule has 2 aromatic rings. The summed E-state index contributed by atoms with van der Waals surface area (Å²) in [7, 11) is 0. The van der Waals surface area contributed by atoms with E-state index in [1.807, 2.05) is 30.3 Å². The van der Waals surface area contributed by atoms with Crippen LogP contribution in [0.2, 0.25) is 0 Å². The molecule has 5 rings (SSSR count). The highest BCUT2D eigenvalue weighted by Gasteiger charge is 2.36. The zero-order chi connectivity index (χ0) is 17.2. The summed E-state index contributed by atoms with van der Waals surface area (Å²) < 4.78 is 19.3. The van der Waals surface area contributed by atoms with Gasteiger partial charge >= 0.3 is 6.09 Å². The number of carbonyl (C=O) groups excluding carboxylic acids is 1. The lowest BCUT2D eigenvalue weighted by Gasteiger charge is -2.43. The minimum Gasteiger partial charge on any atom is -0.444 e. The van der Waals surface area contributed by atoms with E-state index in [-0.39, 0.29) is 18.5 Å². The van der Waals surface area contributed by atoms with Crippen molar-refractivity contribution in [1.29, 1.82) is 0 Å². The molecule has 1 amide bonds. The highest BCUT2D eigenvalue weighted by molar-refractivity contribution is 5.91. The minimum absolute atomic E-state index is 0. The molecular weight excluding hydrogens is 355 g/mol. The molecule has 1 unspecified atom stereocenters. The van der Waals surface area contributed by atoms with E-state index in [0.717, 1.165) is 43.6 Å². The molecule has 0 saturated carbocycles. The fourth-order valence-corrected chi connectivity index (χ4v) is 3.81. The molecule has 138 valence electrons. The van der Waals surface area contributed by atoms with Crippen LogP contribution >= 0.6 is 12.4 Å². The number of carbonyl (C=O) groups is 1. The Labute approximate surface area is 158 Å². The van der Waals surface area contributed by atoms with Gasteiger partial charge in [0.05, 0.1) is 5.69 Å². The van der Waals surface area contributed by atoms with Gasteiger partial charge in [-0.15, -0.1) is 12.4 Å². The smallest absolute Gasteiger partial charge is 0.411 e. The number of nitrogens with one attached hydrogen (secondary N) is 1. The molecule has 1 N–H and O–H groups in total. The molecule has 3 aliphatic heterocycles. The van der Waals surface area contributed by atoms with Gasteiger partial charge in [-0.3, -0.25) is 10.2 Å². The number of halogens is 2. The number of piperidine rings is 3. The van der Waals surface area contributed by atoms with E-state index in [4.69, 9.17) is 4.74 Å². The zero-order valence-corrected chi connectivity index (χ0v) is 15.2. The van der Waals surface area contributed by atoms with E-state index in [9.17, 15) is 9.18 Å². The lowest BCUT2D eigenvalue weighted by atomic mass is 9.86. The van der Waals surface area contributed by atoms with Gasteiger partial charge in [0.1, 0.15) is 11.9 Å². The fourth-order valence-electron chi connectivity index (χ4n) is 3.81. The van der Waals surface area contributed by atoms with E-state index in [1.165, 1.54) is 12.1 Å². The number of fused-ring (bicyclic) bond motifs is 3. The van der Waals surface area contributed by atoms with Crippen LogP contribution in [-0.2, 0) is 4.74 Å². The first-order valence-electron chi connectivity index (χ1n) is 8.74. The van der Waals surface area contributed by atoms with E-state index in [2.05, 4.69) is 10.2 Å². The van der Waals surface area contributed by atoms with Gasteiger partial charge in [-0.1, -0.05) is 30.3 Å². The molecule has 3 saturated heterocycles. The normalized spacial score (nSPS) is 23.8. The third kappa shape index (κ3) is 4.00. The molecule has 6 heteroatoms. The summed E-state index contributed by atoms with van der Waals surface area (Å²) in [4.78, 5) is 14.7. The summed E-state index contributed by atoms with van der Waals surface area (Å²) in [5.74, 6) is 0.0506. The topological polar surface area (TPSA) is 41.6 Å². The summed E-state index contributed by atoms with van der Waals surface area (Å²) in [5.41, 5.74) is 2.12. The van der Waals surface area contributed by atoms with Gasteiger partial charge in [0, 0.05) is 12.1 Å². The van der Waals surface area contributed by atoms with Crippen LogP contribution in [0.1, 0.15) is 12.8 Å². The molecule has 4 nitrogen and oxygen atoms in total. The highest BCUT2D eigenvalue weighted by Crippen LogP contribution is 2.31. The van der Waals surface area contributed by atoms with Crippen molar-refractivity contribution in [2.24, 2.45) is 5.92 Å². The van der Waals surface area contributed by atoms with Gasteiger partial charge < -0.3 is 4.74 Å². The Balaban J connectivity index is 0.00000196. The second-order valence-electron chi connectivity index (χ2n) is 6.76. The van der Waals surface area contributed by atoms with Crippen LogP contribution in [0.15, 0.2) is 48.5 Å². The summed E-state index contributed by atoms with van der Waals surface area (Å²) in [5, 5.41) is 2.74. The molecule has 3 aliphatic rings. The average molecular weight is 377 g/mol. The molecule has 2 aromatic carbocycles. The molecule has 0 radical (unpaired) electrons. The Kier molecular flexibility index (Phi) is 5.79. The van der Waals surface area contributed by atoms with Crippen molar-refractivity contribution in [3.05, 3.63) is 54.3 Å². The van der Waals surface area contributed by atoms with Crippen LogP contribution in [0.4, 0.5) is 14.9 Å². The second-order valence-corrected chi connectivity index (χ2v) is 6.76. The number of benzene rings is 2. The average Bonchev–Trinajstić information content (AvgIpc) is 2.63. The first kappa shape index (κ1) is 18.7. The summed E-state index contributed by atoms with van der Waals surface area (Å²) >= 11 is 0. The Morgan fingerprint density at radius 2 is 1.85 bits per heavy atom. The summed E-state index contributed by atoms with van der Waals surface area (Å²) in [6.07, 6.45) is 1.57. The third-order valence-electron chi connectivity index (χ3n) is 5.16. The molecule has 0 aliphatic carbocycles. The molecule has 0 aromatic heterocycles. The van der Waals surface area contributed by atoms with Crippen LogP contribution in [0.3, 0.4) is 0 Å². The SMILES string of the molecule is Cl.O=C(Nc1cc(F)ccc1-c1ccccc1)OC1CN2CCC1CC2. The van der Waals surface area contributed by atoms with Crippen molar-refractivity contribution in [2.45, 2.75) is 18.9 Å². The first-order chi connectivity index (χ1) is 12.2. The fraction of sp³-hybridized carbons (Fsp3) is 0.350. The zero-order valence-electron chi connectivity index (χ0n) is 14.4. The van der Waals surface area contributed by atoms with Crippen LogP contribution in [-0.4, -0.2) is 36.7 Å². The lowest BCUT2D eigenvalue weighted by molar-refractivity contribution is -0.0289. The van der Waals surface area contributed by atoms with Crippen LogP contribution < -0.4 is 5.32 Å². The van der Waals surface area contributed by atoms with Crippen LogP contribution in [0.5, 0.6) is 0 Å². The number of anilines is 1. The monoisotopic (exact) mass is 376 g/mol. The number of hydrogen-bond donors (Lipinski definition) is 1. The van der Waals surface area contributed by atoms with Crippen molar-refractivity contribution in [3.63, 3.8) is 0 Å². The van der Waals surface area contributed by atoms with Crippen LogP contribution in [0.25, 0.3) is 11.1 Å². The molecule has 1 atom stereocenters. The minimum atomic E-state index is -0.512. The van der Waals surface area contributed by atoms with Gasteiger partial charge in [0.2, 0.25) is 0 Å². The number of amides is 1. The van der Waals surface area contributed by atoms with Gasteiger partial charge in [-0.05, 0) is 55.6 Å². The predicted octanol–water partition coefficient (Wildman–Crippen LogP) is 4.56. The van der Waals surface area contributed by atoms with Crippen molar-refractivity contribution >= 4 is 24.2 Å². The lowest BCUT2D eigenvalue weighted by Crippen LogP contribution is -2.52. The maximum Gasteiger partial charge on any atom is 0.411 e. The van der Waals surface area contributed by atoms with E-state index in [1.54, 1.807) is 6.07 Å². The molecule has 26 heavy (non-hydrogen) atoms. The van der Waals surface area contributed by atoms with Gasteiger partial charge in [-0.2, -0.15) is 0 Å². The second kappa shape index (κ2) is 8.06. The largest absolute Gasteiger partial charge is 0.444 e. The van der Waals surface area contributed by atoms with Gasteiger partial charge in [0.15, 0.2) is 0 Å². The number of hydrogen-bond acceptors (Lipinski definition) is 3. The number of nitrogens with zero attached hydrogens (tertiary/aromatic N) is 1. The number of ether oxygens (including phenoxy) is 1. The first-order valence-corrected chi connectivity index (χ1v) is 8.74. The Hall–Kier alpha value is -2.11. The molecule has 3 fully saturated rings. The van der Waals surface area contributed by atoms with E-state index >= 15 is 0 Å². The van der Waals surface area contributed by atoms with E-state index in [0.29, 0.717) is 11.6 Å². The third-order valence-corrected chi connectivity index (χ3v) is 5.16. The van der Waals surface area contributed by atoms with Gasteiger partial charge in [-0.25, -0.2) is 9.18 Å². The molecular formula is C20H22ClFN2O2. The van der Waals surface area contributed by atoms with Crippen molar-refractivity contribution in [2.75, 3.05) is 25.0 Å². The maximum absolute atomic E-state index is 13.7. The van der Waals surface area contributed by atoms with Gasteiger partial charge in [0.25, 0.3) is 0 Å². The van der Waals surface area contributed by atoms with E-state index < -0.39 is 11.9 Å². The summed E-state index contributed by atoms with van der Waals surface area (Å²) in [6.45, 7) is 2.98. The molecule has 0 spiro atoms. The Morgan fingerprint density at radius 3 is 2.50 bits per heavy atom. The maximum atomic E-state index is 13.7. The Bertz CT molecular complexity index is 764. The predicted molar refractivity (Wildman–Crippen MR) is 102 cm³/mol. The van der Waals surface area contributed by atoms with Crippen molar-refractivity contribution < 1.29 is 13.9 Å².